The summed E-state index contributed by atoms with van der Waals surface area (Å²) in [6.07, 6.45) is 2.48. The Morgan fingerprint density at radius 1 is 1.80 bits per heavy atom. The van der Waals surface area contributed by atoms with Crippen LogP contribution < -0.4 is 5.32 Å². The Kier molecular flexibility index (Phi) is 3.45. The van der Waals surface area contributed by atoms with Crippen molar-refractivity contribution in [3.8, 4) is 6.07 Å². The molecule has 0 aromatic carbocycles. The number of nitrogens with one attached hydrogen (secondary N) is 1. The predicted molar refractivity (Wildman–Crippen MR) is 56.0 cm³/mol. The van der Waals surface area contributed by atoms with E-state index in [0.717, 1.165) is 12.1 Å². The summed E-state index contributed by atoms with van der Waals surface area (Å²) in [5, 5.41) is 15.5. The lowest BCUT2D eigenvalue weighted by Gasteiger charge is -2.04. The fraction of sp³-hybridized carbons (Fsp3) is 0.500. The third-order valence-electron chi connectivity index (χ3n) is 2.08. The van der Waals surface area contributed by atoms with E-state index in [0.29, 0.717) is 5.69 Å². The van der Waals surface area contributed by atoms with Gasteiger partial charge in [-0.2, -0.15) is 10.4 Å². The van der Waals surface area contributed by atoms with Crippen molar-refractivity contribution in [3.05, 3.63) is 11.9 Å². The van der Waals surface area contributed by atoms with Crippen molar-refractivity contribution < 1.29 is 4.79 Å². The summed E-state index contributed by atoms with van der Waals surface area (Å²) in [6, 6.07) is 1.89. The summed E-state index contributed by atoms with van der Waals surface area (Å²) in [5.74, 6) is -0.935. The van der Waals surface area contributed by atoms with Gasteiger partial charge in [0.15, 0.2) is 0 Å². The first-order chi connectivity index (χ1) is 7.08. The van der Waals surface area contributed by atoms with E-state index in [2.05, 4.69) is 10.4 Å². The van der Waals surface area contributed by atoms with Crippen LogP contribution in [-0.4, -0.2) is 15.7 Å². The quantitative estimate of drug-likeness (QED) is 0.804. The third kappa shape index (κ3) is 2.56. The summed E-state index contributed by atoms with van der Waals surface area (Å²) >= 11 is 0. The van der Waals surface area contributed by atoms with Crippen molar-refractivity contribution in [2.45, 2.75) is 20.3 Å². The van der Waals surface area contributed by atoms with Gasteiger partial charge in [-0.15, -0.1) is 0 Å². The fourth-order valence-corrected chi connectivity index (χ4v) is 1.20. The topological polar surface area (TPSA) is 70.7 Å². The molecule has 1 atom stereocenters. The number of nitriles is 1. The fourth-order valence-electron chi connectivity index (χ4n) is 1.20. The Balaban J connectivity index is 2.81. The number of amides is 1. The highest BCUT2D eigenvalue weighted by molar-refractivity contribution is 5.94. The second-order valence-corrected chi connectivity index (χ2v) is 3.36. The molecule has 1 aromatic rings. The molecule has 0 fully saturated rings. The van der Waals surface area contributed by atoms with Gasteiger partial charge in [0.25, 0.3) is 0 Å². The standard InChI is InChI=1S/C10H14N4O/c1-4-8-9(6-14(3)13-8)12-10(15)7(2)5-11/h6-7H,4H2,1-3H3,(H,12,15). The first kappa shape index (κ1) is 11.2. The van der Waals surface area contributed by atoms with E-state index in [4.69, 9.17) is 5.26 Å². The van der Waals surface area contributed by atoms with Crippen molar-refractivity contribution in [2.75, 3.05) is 5.32 Å². The number of aromatic nitrogens is 2. The summed E-state index contributed by atoms with van der Waals surface area (Å²) in [5.41, 5.74) is 1.52. The second kappa shape index (κ2) is 4.60. The molecule has 0 saturated carbocycles. The van der Waals surface area contributed by atoms with E-state index in [1.165, 1.54) is 0 Å². The minimum absolute atomic E-state index is 0.291. The molecule has 0 aliphatic carbocycles. The first-order valence-electron chi connectivity index (χ1n) is 4.81. The van der Waals surface area contributed by atoms with Gasteiger partial charge in [0.1, 0.15) is 5.92 Å². The number of hydrogen-bond acceptors (Lipinski definition) is 3. The number of nitrogens with zero attached hydrogens (tertiary/aromatic N) is 3. The third-order valence-corrected chi connectivity index (χ3v) is 2.08. The number of rotatable bonds is 3. The van der Waals surface area contributed by atoms with E-state index in [1.807, 2.05) is 13.0 Å². The van der Waals surface area contributed by atoms with Crippen LogP contribution >= 0.6 is 0 Å². The zero-order chi connectivity index (χ0) is 11.4. The molecule has 1 heterocycles. The lowest BCUT2D eigenvalue weighted by molar-refractivity contribution is -0.117. The van der Waals surface area contributed by atoms with Crippen LogP contribution in [0, 0.1) is 17.2 Å². The van der Waals surface area contributed by atoms with Crippen LogP contribution in [0.4, 0.5) is 5.69 Å². The molecular formula is C10H14N4O. The van der Waals surface area contributed by atoms with Gasteiger partial charge in [-0.05, 0) is 13.3 Å². The number of carbonyl (C=O) groups excluding carboxylic acids is 1. The molecule has 0 saturated heterocycles. The molecule has 5 heteroatoms. The molecule has 1 aromatic heterocycles. The lowest BCUT2D eigenvalue weighted by atomic mass is 10.2. The maximum Gasteiger partial charge on any atom is 0.241 e. The van der Waals surface area contributed by atoms with Gasteiger partial charge in [-0.1, -0.05) is 6.92 Å². The predicted octanol–water partition coefficient (Wildman–Crippen LogP) is 1.08. The monoisotopic (exact) mass is 206 g/mol. The highest BCUT2D eigenvalue weighted by atomic mass is 16.1. The van der Waals surface area contributed by atoms with Crippen molar-refractivity contribution in [1.29, 1.82) is 5.26 Å². The molecule has 15 heavy (non-hydrogen) atoms. The Labute approximate surface area is 88.7 Å². The number of carbonyl (C=O) groups is 1. The van der Waals surface area contributed by atoms with Crippen molar-refractivity contribution in [1.82, 2.24) is 9.78 Å². The summed E-state index contributed by atoms with van der Waals surface area (Å²) < 4.78 is 1.64. The number of anilines is 1. The first-order valence-corrected chi connectivity index (χ1v) is 4.81. The van der Waals surface area contributed by atoms with Gasteiger partial charge < -0.3 is 5.32 Å². The molecule has 0 spiro atoms. The van der Waals surface area contributed by atoms with E-state index < -0.39 is 5.92 Å². The van der Waals surface area contributed by atoms with Crippen LogP contribution in [0.2, 0.25) is 0 Å². The number of aryl methyl sites for hydroxylation is 2. The molecule has 0 aliphatic heterocycles. The molecule has 80 valence electrons. The molecule has 1 unspecified atom stereocenters. The number of hydrogen-bond donors (Lipinski definition) is 1. The Morgan fingerprint density at radius 3 is 3.00 bits per heavy atom. The molecular weight excluding hydrogens is 192 g/mol. The van der Waals surface area contributed by atoms with Crippen molar-refractivity contribution >= 4 is 11.6 Å². The normalized spacial score (nSPS) is 11.9. The molecule has 1 rings (SSSR count). The van der Waals surface area contributed by atoms with Crippen LogP contribution in [0.15, 0.2) is 6.20 Å². The molecule has 0 aliphatic rings. The Morgan fingerprint density at radius 2 is 2.47 bits per heavy atom. The molecule has 5 nitrogen and oxygen atoms in total. The average molecular weight is 206 g/mol. The highest BCUT2D eigenvalue weighted by Crippen LogP contribution is 2.14. The minimum atomic E-state index is -0.644. The highest BCUT2D eigenvalue weighted by Gasteiger charge is 2.14. The van der Waals surface area contributed by atoms with Crippen LogP contribution in [0.5, 0.6) is 0 Å². The van der Waals surface area contributed by atoms with E-state index in [-0.39, 0.29) is 5.91 Å². The zero-order valence-corrected chi connectivity index (χ0v) is 9.11. The SMILES string of the molecule is CCc1nn(C)cc1NC(=O)C(C)C#N. The van der Waals surface area contributed by atoms with E-state index in [1.54, 1.807) is 24.9 Å². The van der Waals surface area contributed by atoms with E-state index >= 15 is 0 Å². The maximum absolute atomic E-state index is 11.5. The van der Waals surface area contributed by atoms with Crippen LogP contribution in [0.25, 0.3) is 0 Å². The van der Waals surface area contributed by atoms with Gasteiger partial charge in [-0.3, -0.25) is 9.48 Å². The van der Waals surface area contributed by atoms with Gasteiger partial charge in [0, 0.05) is 13.2 Å². The van der Waals surface area contributed by atoms with Crippen LogP contribution in [0.1, 0.15) is 19.5 Å². The molecule has 0 radical (unpaired) electrons. The molecule has 1 N–H and O–H groups in total. The van der Waals surface area contributed by atoms with Crippen molar-refractivity contribution in [2.24, 2.45) is 13.0 Å². The lowest BCUT2D eigenvalue weighted by Crippen LogP contribution is -2.19. The van der Waals surface area contributed by atoms with Gasteiger partial charge >= 0.3 is 0 Å². The average Bonchev–Trinajstić information content (AvgIpc) is 2.57. The van der Waals surface area contributed by atoms with Crippen molar-refractivity contribution in [3.63, 3.8) is 0 Å². The van der Waals surface area contributed by atoms with Gasteiger partial charge in [-0.25, -0.2) is 0 Å². The molecule has 1 amide bonds. The Bertz CT molecular complexity index is 402. The smallest absolute Gasteiger partial charge is 0.241 e. The van der Waals surface area contributed by atoms with Gasteiger partial charge in [0.2, 0.25) is 5.91 Å². The molecule has 0 bridgehead atoms. The van der Waals surface area contributed by atoms with Crippen LogP contribution in [-0.2, 0) is 18.3 Å². The minimum Gasteiger partial charge on any atom is -0.322 e. The summed E-state index contributed by atoms with van der Waals surface area (Å²) in [6.45, 7) is 3.53. The largest absolute Gasteiger partial charge is 0.322 e. The summed E-state index contributed by atoms with van der Waals surface area (Å²) in [4.78, 5) is 11.5. The zero-order valence-electron chi connectivity index (χ0n) is 9.11. The van der Waals surface area contributed by atoms with E-state index in [9.17, 15) is 4.79 Å². The van der Waals surface area contributed by atoms with Gasteiger partial charge in [0.05, 0.1) is 17.5 Å². The summed E-state index contributed by atoms with van der Waals surface area (Å²) in [7, 11) is 1.79. The van der Waals surface area contributed by atoms with Crippen LogP contribution in [0.3, 0.4) is 0 Å². The maximum atomic E-state index is 11.5. The second-order valence-electron chi connectivity index (χ2n) is 3.36. The Hall–Kier alpha value is -1.83.